The van der Waals surface area contributed by atoms with Gasteiger partial charge in [0.25, 0.3) is 0 Å². The van der Waals surface area contributed by atoms with Crippen molar-refractivity contribution in [2.45, 2.75) is 64.4 Å². The van der Waals surface area contributed by atoms with Gasteiger partial charge in [-0.05, 0) is 30.1 Å². The highest BCUT2D eigenvalue weighted by Gasteiger charge is 2.41. The van der Waals surface area contributed by atoms with Gasteiger partial charge >= 0.3 is 6.09 Å². The Morgan fingerprint density at radius 3 is 2.57 bits per heavy atom. The number of aliphatic hydroxyl groups is 1. The number of cyclic esters (lactones) is 1. The van der Waals surface area contributed by atoms with Crippen molar-refractivity contribution < 1.29 is 23.9 Å². The van der Waals surface area contributed by atoms with Crippen LogP contribution >= 0.6 is 0 Å². The average molecular weight is 434 g/mol. The molecule has 1 aliphatic rings. The molecule has 1 aliphatic heterocycles. The maximum absolute atomic E-state index is 12.9. The van der Waals surface area contributed by atoms with E-state index in [0.29, 0.717) is 13.0 Å². The Morgan fingerprint density at radius 2 is 1.97 bits per heavy atom. The summed E-state index contributed by atoms with van der Waals surface area (Å²) in [6.07, 6.45) is 2.19. The highest BCUT2D eigenvalue weighted by Crippen LogP contribution is 2.36. The molecule has 0 aromatic heterocycles. The molecular weight excluding hydrogens is 398 g/mol. The predicted octanol–water partition coefficient (Wildman–Crippen LogP) is 4.15. The summed E-state index contributed by atoms with van der Waals surface area (Å²) in [6.45, 7) is 13.0. The third-order valence-electron chi connectivity index (χ3n) is 6.09. The number of rotatable bonds is 8. The van der Waals surface area contributed by atoms with Crippen LogP contribution in [0.5, 0.6) is 0 Å². The fourth-order valence-electron chi connectivity index (χ4n) is 2.97. The van der Waals surface area contributed by atoms with Gasteiger partial charge in [-0.3, -0.25) is 4.79 Å². The second-order valence-electron chi connectivity index (χ2n) is 9.41. The van der Waals surface area contributed by atoms with E-state index in [2.05, 4.69) is 33.9 Å². The number of carbonyl (C=O) groups is 2. The maximum atomic E-state index is 12.9. The smallest absolute Gasteiger partial charge is 0.416 e. The molecule has 3 atom stereocenters. The SMILES string of the molecule is C[C@H](C(=O)N1C(=O)OC[C@@H]1Cc1ccccc1)[C@H](O)/C=C/CO[Si](C)(C)C(C)(C)C. The summed E-state index contributed by atoms with van der Waals surface area (Å²) in [7, 11) is -1.87. The molecule has 166 valence electrons. The van der Waals surface area contributed by atoms with Gasteiger partial charge in [0.2, 0.25) is 5.91 Å². The van der Waals surface area contributed by atoms with Crippen molar-refractivity contribution in [2.75, 3.05) is 13.2 Å². The summed E-state index contributed by atoms with van der Waals surface area (Å²) in [5.41, 5.74) is 1.02. The van der Waals surface area contributed by atoms with Crippen molar-refractivity contribution in [3.63, 3.8) is 0 Å². The van der Waals surface area contributed by atoms with Crippen LogP contribution in [0.2, 0.25) is 18.1 Å². The molecule has 1 heterocycles. The number of amides is 2. The Balaban J connectivity index is 1.96. The first-order valence-corrected chi connectivity index (χ1v) is 13.4. The van der Waals surface area contributed by atoms with E-state index >= 15 is 0 Å². The second kappa shape index (κ2) is 9.90. The zero-order chi connectivity index (χ0) is 22.5. The van der Waals surface area contributed by atoms with E-state index in [1.807, 2.05) is 30.3 Å². The molecule has 0 saturated carbocycles. The minimum Gasteiger partial charge on any atom is -0.447 e. The van der Waals surface area contributed by atoms with Gasteiger partial charge in [-0.15, -0.1) is 0 Å². The van der Waals surface area contributed by atoms with Gasteiger partial charge in [0.05, 0.1) is 24.7 Å². The zero-order valence-corrected chi connectivity index (χ0v) is 19.9. The molecule has 0 bridgehead atoms. The van der Waals surface area contributed by atoms with E-state index in [4.69, 9.17) is 9.16 Å². The summed E-state index contributed by atoms with van der Waals surface area (Å²) in [6, 6.07) is 9.30. The quantitative estimate of drug-likeness (QED) is 0.492. The van der Waals surface area contributed by atoms with Crippen LogP contribution in [0.1, 0.15) is 33.3 Å². The summed E-state index contributed by atoms with van der Waals surface area (Å²) in [5, 5.41) is 10.6. The van der Waals surface area contributed by atoms with Gasteiger partial charge in [-0.25, -0.2) is 9.69 Å². The molecule has 1 aromatic rings. The van der Waals surface area contributed by atoms with Crippen molar-refractivity contribution in [3.8, 4) is 0 Å². The highest BCUT2D eigenvalue weighted by molar-refractivity contribution is 6.74. The first-order valence-electron chi connectivity index (χ1n) is 10.5. The fraction of sp³-hybridized carbons (Fsp3) is 0.565. The van der Waals surface area contributed by atoms with E-state index in [1.54, 1.807) is 19.1 Å². The number of hydrogen-bond acceptors (Lipinski definition) is 5. The lowest BCUT2D eigenvalue weighted by Crippen LogP contribution is -2.45. The van der Waals surface area contributed by atoms with Crippen LogP contribution in [0.3, 0.4) is 0 Å². The molecule has 0 aliphatic carbocycles. The summed E-state index contributed by atoms with van der Waals surface area (Å²) in [5.74, 6) is -1.20. The van der Waals surface area contributed by atoms with E-state index in [-0.39, 0.29) is 17.7 Å². The number of hydrogen-bond donors (Lipinski definition) is 1. The van der Waals surface area contributed by atoms with Gasteiger partial charge in [0, 0.05) is 0 Å². The Bertz CT molecular complexity index is 757. The minimum absolute atomic E-state index is 0.104. The standard InChI is InChI=1S/C23H35NO5Si/c1-17(20(25)13-10-14-29-30(5,6)23(2,3)4)21(26)24-19(16-28-22(24)27)15-18-11-8-7-9-12-18/h7-13,17,19-20,25H,14-16H2,1-6H3/b13-10+/t17-,19-,20+/m0/s1. The number of ether oxygens (including phenoxy) is 1. The number of carbonyl (C=O) groups excluding carboxylic acids is 2. The Morgan fingerprint density at radius 1 is 1.33 bits per heavy atom. The van der Waals surface area contributed by atoms with Crippen LogP contribution in [-0.2, 0) is 20.4 Å². The van der Waals surface area contributed by atoms with Crippen LogP contribution in [0.4, 0.5) is 4.79 Å². The van der Waals surface area contributed by atoms with Crippen molar-refractivity contribution >= 4 is 20.3 Å². The lowest BCUT2D eigenvalue weighted by atomic mass is 10.00. The van der Waals surface area contributed by atoms with Gasteiger partial charge in [-0.2, -0.15) is 0 Å². The molecule has 1 aromatic carbocycles. The molecule has 30 heavy (non-hydrogen) atoms. The fourth-order valence-corrected chi connectivity index (χ4v) is 3.91. The van der Waals surface area contributed by atoms with Crippen LogP contribution in [0.25, 0.3) is 0 Å². The molecule has 6 nitrogen and oxygen atoms in total. The van der Waals surface area contributed by atoms with Crippen LogP contribution < -0.4 is 0 Å². The predicted molar refractivity (Wildman–Crippen MR) is 120 cm³/mol. The minimum atomic E-state index is -1.87. The van der Waals surface area contributed by atoms with E-state index in [9.17, 15) is 14.7 Å². The monoisotopic (exact) mass is 433 g/mol. The topological polar surface area (TPSA) is 76.1 Å². The maximum Gasteiger partial charge on any atom is 0.416 e. The third kappa shape index (κ3) is 6.03. The molecule has 0 spiro atoms. The molecule has 2 rings (SSSR count). The van der Waals surface area contributed by atoms with E-state index in [1.165, 1.54) is 0 Å². The summed E-state index contributed by atoms with van der Waals surface area (Å²) < 4.78 is 11.2. The average Bonchev–Trinajstić information content (AvgIpc) is 3.03. The number of benzene rings is 1. The van der Waals surface area contributed by atoms with Gasteiger partial charge in [0.15, 0.2) is 8.32 Å². The molecule has 1 fully saturated rings. The first kappa shape index (κ1) is 24.3. The summed E-state index contributed by atoms with van der Waals surface area (Å²) >= 11 is 0. The Hall–Kier alpha value is -1.96. The third-order valence-corrected chi connectivity index (χ3v) is 10.6. The van der Waals surface area contributed by atoms with Crippen LogP contribution in [0.15, 0.2) is 42.5 Å². The van der Waals surface area contributed by atoms with Gasteiger partial charge < -0.3 is 14.3 Å². The number of aliphatic hydroxyl groups excluding tert-OH is 1. The molecule has 0 unspecified atom stereocenters. The lowest BCUT2D eigenvalue weighted by Gasteiger charge is -2.35. The zero-order valence-electron chi connectivity index (χ0n) is 18.9. The van der Waals surface area contributed by atoms with Crippen molar-refractivity contribution in [3.05, 3.63) is 48.0 Å². The Kier molecular flexibility index (Phi) is 8.02. The highest BCUT2D eigenvalue weighted by atomic mass is 28.4. The van der Waals surface area contributed by atoms with Crippen molar-refractivity contribution in [1.82, 2.24) is 4.90 Å². The van der Waals surface area contributed by atoms with Gasteiger partial charge in [0.1, 0.15) is 6.61 Å². The molecule has 7 heteroatoms. The normalized spacial score (nSPS) is 19.8. The van der Waals surface area contributed by atoms with Crippen molar-refractivity contribution in [2.24, 2.45) is 5.92 Å². The number of nitrogens with zero attached hydrogens (tertiary/aromatic N) is 1. The second-order valence-corrected chi connectivity index (χ2v) is 14.2. The molecule has 0 radical (unpaired) electrons. The molecule has 1 saturated heterocycles. The lowest BCUT2D eigenvalue weighted by molar-refractivity contribution is -0.135. The summed E-state index contributed by atoms with van der Waals surface area (Å²) in [4.78, 5) is 26.3. The Labute approximate surface area is 181 Å². The molecule has 2 amide bonds. The molecule has 1 N–H and O–H groups in total. The van der Waals surface area contributed by atoms with Crippen LogP contribution in [-0.4, -0.2) is 55.7 Å². The van der Waals surface area contributed by atoms with Gasteiger partial charge in [-0.1, -0.05) is 70.2 Å². The molecular formula is C23H35NO5Si. The number of imide groups is 1. The largest absolute Gasteiger partial charge is 0.447 e. The van der Waals surface area contributed by atoms with Crippen molar-refractivity contribution in [1.29, 1.82) is 0 Å². The van der Waals surface area contributed by atoms with Crippen LogP contribution in [0, 0.1) is 5.92 Å². The van der Waals surface area contributed by atoms with E-state index in [0.717, 1.165) is 10.5 Å². The first-order chi connectivity index (χ1) is 13.9. The van der Waals surface area contributed by atoms with E-state index < -0.39 is 32.3 Å².